The molecule has 0 amide bonds. The van der Waals surface area contributed by atoms with Crippen molar-refractivity contribution in [3.05, 3.63) is 19.1 Å². The fraction of sp³-hybridized carbons (Fsp3) is 0.727. The number of hydrogen-bond acceptors (Lipinski definition) is 0. The van der Waals surface area contributed by atoms with Gasteiger partial charge in [0.05, 0.1) is 0 Å². The third kappa shape index (κ3) is 7.64. The first-order chi connectivity index (χ1) is 5.16. The number of hydrogen-bond donors (Lipinski definition) is 0. The first-order valence-electron chi connectivity index (χ1n) is 4.61. The van der Waals surface area contributed by atoms with Crippen LogP contribution in [-0.4, -0.2) is 0 Å². The smallest absolute Gasteiger partial charge is 0.0348 e. The highest BCUT2D eigenvalue weighted by Crippen LogP contribution is 2.15. The van der Waals surface area contributed by atoms with Gasteiger partial charge < -0.3 is 0 Å². The van der Waals surface area contributed by atoms with Gasteiger partial charge in [0.25, 0.3) is 0 Å². The van der Waals surface area contributed by atoms with Crippen molar-refractivity contribution in [1.82, 2.24) is 0 Å². The van der Waals surface area contributed by atoms with Gasteiger partial charge in [-0.05, 0) is 38.0 Å². The maximum atomic E-state index is 3.99. The van der Waals surface area contributed by atoms with Crippen LogP contribution in [0.3, 0.4) is 0 Å². The molecule has 0 saturated heterocycles. The molecule has 0 spiro atoms. The lowest BCUT2D eigenvalue weighted by molar-refractivity contribution is 0.440. The van der Waals surface area contributed by atoms with E-state index in [0.717, 1.165) is 5.92 Å². The van der Waals surface area contributed by atoms with Gasteiger partial charge in [0.2, 0.25) is 0 Å². The number of rotatable bonds is 5. The molecule has 2 atom stereocenters. The molecular weight excluding hydrogens is 132 g/mol. The van der Waals surface area contributed by atoms with E-state index in [2.05, 4.69) is 39.8 Å². The molecule has 0 aliphatic heterocycles. The van der Waals surface area contributed by atoms with Crippen LogP contribution in [0.2, 0.25) is 0 Å². The third-order valence-corrected chi connectivity index (χ3v) is 1.87. The Morgan fingerprint density at radius 3 is 2.45 bits per heavy atom. The molecule has 0 aromatic carbocycles. The average molecular weight is 153 g/mol. The van der Waals surface area contributed by atoms with Crippen molar-refractivity contribution in [1.29, 1.82) is 0 Å². The highest BCUT2D eigenvalue weighted by atomic mass is 14.1. The molecule has 0 aliphatic carbocycles. The summed E-state index contributed by atoms with van der Waals surface area (Å²) in [5.41, 5.74) is 0. The van der Waals surface area contributed by atoms with E-state index in [1.54, 1.807) is 0 Å². The van der Waals surface area contributed by atoms with Crippen molar-refractivity contribution >= 4 is 0 Å². The standard InChI is InChI=1S/C11H21/c1-5-6-7-8-11(4)9-10(2)3/h5-6,10-11H,2,7-9H2,1,3-4H3. The van der Waals surface area contributed by atoms with E-state index >= 15 is 0 Å². The zero-order chi connectivity index (χ0) is 8.69. The fourth-order valence-electron chi connectivity index (χ4n) is 1.35. The molecule has 2 unspecified atom stereocenters. The van der Waals surface area contributed by atoms with Crippen LogP contribution in [0.25, 0.3) is 0 Å². The second kappa shape index (κ2) is 6.45. The van der Waals surface area contributed by atoms with Crippen LogP contribution >= 0.6 is 0 Å². The number of allylic oxidation sites excluding steroid dienone is 2. The van der Waals surface area contributed by atoms with Crippen molar-refractivity contribution in [3.8, 4) is 0 Å². The zero-order valence-corrected chi connectivity index (χ0v) is 8.14. The fourth-order valence-corrected chi connectivity index (χ4v) is 1.35. The summed E-state index contributed by atoms with van der Waals surface area (Å²) < 4.78 is 0. The van der Waals surface area contributed by atoms with Crippen LogP contribution < -0.4 is 0 Å². The first-order valence-corrected chi connectivity index (χ1v) is 4.61. The molecule has 11 heavy (non-hydrogen) atoms. The van der Waals surface area contributed by atoms with Crippen LogP contribution in [-0.2, 0) is 0 Å². The van der Waals surface area contributed by atoms with Gasteiger partial charge in [-0.1, -0.05) is 32.9 Å². The van der Waals surface area contributed by atoms with Gasteiger partial charge in [0.15, 0.2) is 0 Å². The minimum atomic E-state index is 0.607. The highest BCUT2D eigenvalue weighted by molar-refractivity contribution is 4.77. The molecule has 0 saturated carbocycles. The van der Waals surface area contributed by atoms with E-state index < -0.39 is 0 Å². The summed E-state index contributed by atoms with van der Waals surface area (Å²) in [6, 6.07) is 0. The molecule has 0 aromatic heterocycles. The van der Waals surface area contributed by atoms with Gasteiger partial charge in [-0.25, -0.2) is 0 Å². The summed E-state index contributed by atoms with van der Waals surface area (Å²) in [5, 5.41) is 0. The first kappa shape index (κ1) is 10.7. The molecule has 0 aliphatic rings. The molecule has 1 radical (unpaired) electrons. The molecule has 0 bridgehead atoms. The van der Waals surface area contributed by atoms with Crippen LogP contribution in [0.4, 0.5) is 0 Å². The van der Waals surface area contributed by atoms with Gasteiger partial charge in [-0.3, -0.25) is 0 Å². The Bertz CT molecular complexity index is 101. The average Bonchev–Trinajstić information content (AvgIpc) is 1.86. The Morgan fingerprint density at radius 1 is 1.36 bits per heavy atom. The summed E-state index contributed by atoms with van der Waals surface area (Å²) in [5.74, 6) is 1.44. The van der Waals surface area contributed by atoms with Crippen molar-refractivity contribution < 1.29 is 0 Å². The Balaban J connectivity index is 3.29. The lowest BCUT2D eigenvalue weighted by atomic mass is 9.95. The lowest BCUT2D eigenvalue weighted by Crippen LogP contribution is -1.99. The van der Waals surface area contributed by atoms with E-state index in [4.69, 9.17) is 0 Å². The molecule has 0 aromatic rings. The second-order valence-electron chi connectivity index (χ2n) is 3.59. The summed E-state index contributed by atoms with van der Waals surface area (Å²) >= 11 is 0. The predicted molar refractivity (Wildman–Crippen MR) is 52.4 cm³/mol. The maximum absolute atomic E-state index is 3.99. The Hall–Kier alpha value is -0.260. The van der Waals surface area contributed by atoms with E-state index in [0.29, 0.717) is 5.92 Å². The second-order valence-corrected chi connectivity index (χ2v) is 3.59. The van der Waals surface area contributed by atoms with Crippen molar-refractivity contribution in [3.63, 3.8) is 0 Å². The minimum Gasteiger partial charge on any atom is -0.0917 e. The predicted octanol–water partition coefficient (Wildman–Crippen LogP) is 3.84. The molecule has 0 heterocycles. The third-order valence-electron chi connectivity index (χ3n) is 1.87. The summed E-state index contributed by atoms with van der Waals surface area (Å²) in [6.45, 7) is 10.6. The summed E-state index contributed by atoms with van der Waals surface area (Å²) in [7, 11) is 0. The Kier molecular flexibility index (Phi) is 6.30. The van der Waals surface area contributed by atoms with Gasteiger partial charge in [0.1, 0.15) is 0 Å². The van der Waals surface area contributed by atoms with Crippen LogP contribution in [0, 0.1) is 18.8 Å². The van der Waals surface area contributed by atoms with E-state index in [1.807, 2.05) is 0 Å². The zero-order valence-electron chi connectivity index (χ0n) is 8.14. The van der Waals surface area contributed by atoms with Crippen LogP contribution in [0.5, 0.6) is 0 Å². The monoisotopic (exact) mass is 153 g/mol. The Labute approximate surface area is 71.7 Å². The normalized spacial score (nSPS) is 14.6. The SMILES string of the molecule is [CH2]C(C)CC(C)CCC=CC. The van der Waals surface area contributed by atoms with Crippen molar-refractivity contribution in [2.24, 2.45) is 11.8 Å². The van der Waals surface area contributed by atoms with E-state index in [1.165, 1.54) is 19.3 Å². The van der Waals surface area contributed by atoms with Crippen LogP contribution in [0.15, 0.2) is 12.2 Å². The van der Waals surface area contributed by atoms with Crippen molar-refractivity contribution in [2.45, 2.75) is 40.0 Å². The molecular formula is C11H21. The topological polar surface area (TPSA) is 0 Å². The minimum absolute atomic E-state index is 0.607. The molecule has 65 valence electrons. The quantitative estimate of drug-likeness (QED) is 0.526. The van der Waals surface area contributed by atoms with E-state index in [-0.39, 0.29) is 0 Å². The molecule has 0 N–H and O–H groups in total. The van der Waals surface area contributed by atoms with Crippen molar-refractivity contribution in [2.75, 3.05) is 0 Å². The molecule has 0 rings (SSSR count). The van der Waals surface area contributed by atoms with Gasteiger partial charge in [-0.15, -0.1) is 0 Å². The van der Waals surface area contributed by atoms with E-state index in [9.17, 15) is 0 Å². The highest BCUT2D eigenvalue weighted by Gasteiger charge is 2.02. The summed E-state index contributed by atoms with van der Waals surface area (Å²) in [6.07, 6.45) is 8.16. The van der Waals surface area contributed by atoms with Crippen LogP contribution in [0.1, 0.15) is 40.0 Å². The maximum Gasteiger partial charge on any atom is -0.0348 e. The Morgan fingerprint density at radius 2 is 2.00 bits per heavy atom. The largest absolute Gasteiger partial charge is 0.0917 e. The lowest BCUT2D eigenvalue weighted by Gasteiger charge is -2.11. The summed E-state index contributed by atoms with van der Waals surface area (Å²) in [4.78, 5) is 0. The van der Waals surface area contributed by atoms with Gasteiger partial charge in [0, 0.05) is 0 Å². The van der Waals surface area contributed by atoms with Gasteiger partial charge >= 0.3 is 0 Å². The molecule has 0 nitrogen and oxygen atoms in total. The molecule has 0 fully saturated rings. The van der Waals surface area contributed by atoms with Gasteiger partial charge in [-0.2, -0.15) is 0 Å². The molecule has 0 heteroatoms.